The van der Waals surface area contributed by atoms with Gasteiger partial charge in [0.05, 0.1) is 0 Å². The molecule has 0 fully saturated rings. The molecule has 1 radical (unpaired) electrons. The normalized spacial score (nSPS) is 8.17. The first-order valence-electron chi connectivity index (χ1n) is 1.35. The van der Waals surface area contributed by atoms with Gasteiger partial charge in [0.2, 0.25) is 0 Å². The maximum atomic E-state index is 9.19. The molecule has 1 N–H and O–H groups in total. The van der Waals surface area contributed by atoms with Gasteiger partial charge in [-0.15, -0.1) is 0 Å². The molecule has 0 saturated heterocycles. The zero-order valence-corrected chi connectivity index (χ0v) is 3.00. The number of aliphatic hydroxyl groups is 1. The molecule has 0 rings (SSSR count). The van der Waals surface area contributed by atoms with Crippen molar-refractivity contribution in [1.82, 2.24) is 0 Å². The van der Waals surface area contributed by atoms with E-state index in [-0.39, 0.29) is 0 Å². The Balaban J connectivity index is 2.83. The maximum Gasteiger partial charge on any atom is 0.303 e. The molecule has 0 heterocycles. The average Bonchev–Trinajstić information content (AvgIpc) is 1.35. The summed E-state index contributed by atoms with van der Waals surface area (Å²) in [5.41, 5.74) is 0. The molecule has 0 spiro atoms. The van der Waals surface area contributed by atoms with Crippen LogP contribution in [0.15, 0.2) is 0 Å². The third-order valence-corrected chi connectivity index (χ3v) is 0.231. The molecule has 0 bridgehead atoms. The van der Waals surface area contributed by atoms with E-state index in [9.17, 15) is 10.1 Å². The van der Waals surface area contributed by atoms with Gasteiger partial charge in [-0.2, -0.15) is 0 Å². The van der Waals surface area contributed by atoms with E-state index in [0.29, 0.717) is 6.54 Å². The molecule has 0 amide bonds. The van der Waals surface area contributed by atoms with Crippen molar-refractivity contribution >= 4 is 0 Å². The molecule has 0 saturated carbocycles. The Morgan fingerprint density at radius 2 is 2.50 bits per heavy atom. The van der Waals surface area contributed by atoms with E-state index in [1.807, 2.05) is 0 Å². The Bertz CT molecular complexity index is 52.8. The van der Waals surface area contributed by atoms with Gasteiger partial charge in [-0.25, -0.2) is 0 Å². The highest BCUT2D eigenvalue weighted by molar-refractivity contribution is 4.37. The van der Waals surface area contributed by atoms with E-state index in [2.05, 4.69) is 0 Å². The van der Waals surface area contributed by atoms with Crippen molar-refractivity contribution in [2.75, 3.05) is 6.61 Å². The van der Waals surface area contributed by atoms with Crippen LogP contribution in [-0.2, 0) is 0 Å². The van der Waals surface area contributed by atoms with E-state index in [1.165, 1.54) is 0 Å². The first-order chi connectivity index (χ1) is 2.77. The monoisotopic (exact) mass is 90.0 g/mol. The van der Waals surface area contributed by atoms with Gasteiger partial charge in [-0.05, 0) is 0 Å². The molecular weight excluding hydrogens is 86.0 g/mol. The lowest BCUT2D eigenvalue weighted by Gasteiger charge is -1.77. The van der Waals surface area contributed by atoms with Crippen LogP contribution in [0.3, 0.4) is 0 Å². The Kier molecular flexibility index (Phi) is 2.31. The van der Waals surface area contributed by atoms with Crippen molar-refractivity contribution in [1.29, 1.82) is 0 Å². The van der Waals surface area contributed by atoms with Crippen LogP contribution in [0.1, 0.15) is 0 Å². The maximum absolute atomic E-state index is 9.19. The Labute approximate surface area is 34.6 Å². The molecule has 0 unspecified atom stereocenters. The summed E-state index contributed by atoms with van der Waals surface area (Å²) in [4.78, 5) is 8.49. The third-order valence-electron chi connectivity index (χ3n) is 0.231. The minimum absolute atomic E-state index is 0.493. The van der Waals surface area contributed by atoms with Gasteiger partial charge < -0.3 is 5.11 Å². The summed E-state index contributed by atoms with van der Waals surface area (Å²) in [6, 6.07) is 0. The molecule has 0 aliphatic heterocycles. The van der Waals surface area contributed by atoms with E-state index in [0.717, 1.165) is 0 Å². The summed E-state index contributed by atoms with van der Waals surface area (Å²) in [7, 11) is 0. The lowest BCUT2D eigenvalue weighted by Crippen LogP contribution is -1.95. The Hall–Kier alpha value is -0.640. The summed E-state index contributed by atoms with van der Waals surface area (Å²) in [5.74, 6) is 0. The van der Waals surface area contributed by atoms with Gasteiger partial charge in [-0.3, -0.25) is 10.1 Å². The van der Waals surface area contributed by atoms with E-state index in [1.54, 1.807) is 0 Å². The topological polar surface area (TPSA) is 63.4 Å². The second-order valence-electron chi connectivity index (χ2n) is 0.651. The second kappa shape index (κ2) is 2.59. The number of nitro groups is 1. The van der Waals surface area contributed by atoms with Crippen LogP contribution in [0.25, 0.3) is 0 Å². The van der Waals surface area contributed by atoms with Crippen LogP contribution >= 0.6 is 0 Å². The lowest BCUT2D eigenvalue weighted by atomic mass is 10.7. The van der Waals surface area contributed by atoms with Crippen molar-refractivity contribution in [3.05, 3.63) is 16.7 Å². The Morgan fingerprint density at radius 1 is 2.00 bits per heavy atom. The molecule has 0 aromatic rings. The number of aliphatic hydroxyl groups excluding tert-OH is 1. The zero-order valence-electron chi connectivity index (χ0n) is 3.00. The zero-order chi connectivity index (χ0) is 4.99. The minimum atomic E-state index is -0.694. The summed E-state index contributed by atoms with van der Waals surface area (Å²) in [6.45, 7) is 0.0764. The lowest BCUT2D eigenvalue weighted by molar-refractivity contribution is -0.439. The summed E-state index contributed by atoms with van der Waals surface area (Å²) in [6.07, 6.45) is 0. The number of hydrogen-bond acceptors (Lipinski definition) is 3. The van der Waals surface area contributed by atoms with Gasteiger partial charge in [0.15, 0.2) is 0 Å². The molecule has 0 aromatic heterocycles. The number of nitrogens with zero attached hydrogens (tertiary/aromatic N) is 1. The second-order valence-corrected chi connectivity index (χ2v) is 0.651. The van der Waals surface area contributed by atoms with Crippen molar-refractivity contribution in [2.24, 2.45) is 0 Å². The first-order valence-corrected chi connectivity index (χ1v) is 1.35. The van der Waals surface area contributed by atoms with Crippen LogP contribution in [0, 0.1) is 16.7 Å². The van der Waals surface area contributed by atoms with Gasteiger partial charge in [0, 0.05) is 4.92 Å². The van der Waals surface area contributed by atoms with E-state index < -0.39 is 11.5 Å². The minimum Gasteiger partial charge on any atom is -0.389 e. The third kappa shape index (κ3) is 3.36. The highest BCUT2D eigenvalue weighted by Gasteiger charge is 1.90. The fourth-order valence-electron chi connectivity index (χ4n) is 0.0667. The summed E-state index contributed by atoms with van der Waals surface area (Å²) in [5, 5.41) is 16.9. The number of rotatable bonds is 2. The first kappa shape index (κ1) is 5.36. The van der Waals surface area contributed by atoms with Gasteiger partial charge >= 0.3 is 6.54 Å². The fraction of sp³-hybridized carbons (Fsp3) is 0.500. The predicted molar refractivity (Wildman–Crippen MR) is 18.4 cm³/mol. The molecule has 0 aliphatic carbocycles. The molecule has 4 heteroatoms. The molecule has 0 aliphatic rings. The quantitative estimate of drug-likeness (QED) is 0.364. The van der Waals surface area contributed by atoms with Crippen molar-refractivity contribution in [3.63, 3.8) is 0 Å². The van der Waals surface area contributed by atoms with E-state index >= 15 is 0 Å². The van der Waals surface area contributed by atoms with Gasteiger partial charge in [0.25, 0.3) is 0 Å². The van der Waals surface area contributed by atoms with Crippen LogP contribution in [0.2, 0.25) is 0 Å². The standard InChI is InChI=1S/C2H4NO3/c4-2-1-3(5)6/h1,4H,2H2. The highest BCUT2D eigenvalue weighted by atomic mass is 16.6. The van der Waals surface area contributed by atoms with E-state index in [4.69, 9.17) is 5.11 Å². The van der Waals surface area contributed by atoms with Crippen LogP contribution < -0.4 is 0 Å². The molecule has 4 nitrogen and oxygen atoms in total. The fourth-order valence-corrected chi connectivity index (χ4v) is 0.0667. The van der Waals surface area contributed by atoms with Gasteiger partial charge in [0.1, 0.15) is 6.61 Å². The van der Waals surface area contributed by atoms with Crippen molar-refractivity contribution < 1.29 is 10.0 Å². The van der Waals surface area contributed by atoms with Crippen LogP contribution in [0.5, 0.6) is 0 Å². The largest absolute Gasteiger partial charge is 0.389 e. The van der Waals surface area contributed by atoms with Crippen molar-refractivity contribution in [3.8, 4) is 0 Å². The molecular formula is C2H4NO3. The molecule has 35 valence electrons. The summed E-state index contributed by atoms with van der Waals surface area (Å²) < 4.78 is 0. The van der Waals surface area contributed by atoms with Gasteiger partial charge in [-0.1, -0.05) is 0 Å². The van der Waals surface area contributed by atoms with Crippen molar-refractivity contribution in [2.45, 2.75) is 0 Å². The smallest absolute Gasteiger partial charge is 0.303 e. The molecule has 0 aromatic carbocycles. The SMILES string of the molecule is O=[N+]([O-])[CH]CO. The highest BCUT2D eigenvalue weighted by Crippen LogP contribution is 1.69. The van der Waals surface area contributed by atoms with Crippen LogP contribution in [-0.4, -0.2) is 16.6 Å². The average molecular weight is 90.1 g/mol. The number of hydrogen-bond donors (Lipinski definition) is 1. The molecule has 6 heavy (non-hydrogen) atoms. The predicted octanol–water partition coefficient (Wildman–Crippen LogP) is -0.583. The summed E-state index contributed by atoms with van der Waals surface area (Å²) >= 11 is 0. The molecule has 0 atom stereocenters. The Morgan fingerprint density at radius 3 is 2.50 bits per heavy atom. The van der Waals surface area contributed by atoms with Crippen LogP contribution in [0.4, 0.5) is 0 Å².